The molecule has 2 heterocycles. The molecule has 0 spiro atoms. The average Bonchev–Trinajstić information content (AvgIpc) is 2.86. The van der Waals surface area contributed by atoms with Crippen molar-refractivity contribution in [2.24, 2.45) is 0 Å². The first kappa shape index (κ1) is 29.1. The molecule has 3 rings (SSSR count). The maximum Gasteiger partial charge on any atom is 0.423 e. The minimum Gasteiger partial charge on any atom is -0.382 e. The Kier molecular flexibility index (Phi) is 9.75. The standard InChI is InChI=1S/C23H34F3N5O5S/c1-2-3-4-22(32)29-13-11-28(12-14-29)15-16-37(35,36)30-9-7-18(8-10-30)27-19-5-6-21(31(33)34)20(17-19)23(24,25)26/h5-6,17-18,27H,2-4,7-16H2,1H3. The summed E-state index contributed by atoms with van der Waals surface area (Å²) in [6, 6.07) is 2.52. The molecule has 2 fully saturated rings. The molecular formula is C23H34F3N5O5S. The lowest BCUT2D eigenvalue weighted by Gasteiger charge is -2.36. The van der Waals surface area contributed by atoms with E-state index in [0.717, 1.165) is 25.0 Å². The number of piperazine rings is 1. The third kappa shape index (κ3) is 8.01. The lowest BCUT2D eigenvalue weighted by atomic mass is 10.1. The smallest absolute Gasteiger partial charge is 0.382 e. The molecule has 2 aliphatic heterocycles. The highest BCUT2D eigenvalue weighted by atomic mass is 32.2. The van der Waals surface area contributed by atoms with Crippen LogP contribution in [0.4, 0.5) is 24.5 Å². The minimum absolute atomic E-state index is 0.0355. The van der Waals surface area contributed by atoms with Gasteiger partial charge >= 0.3 is 6.18 Å². The molecule has 10 nitrogen and oxygen atoms in total. The van der Waals surface area contributed by atoms with Crippen molar-refractivity contribution in [2.45, 2.75) is 51.2 Å². The number of carbonyl (C=O) groups excluding carboxylic acids is 1. The summed E-state index contributed by atoms with van der Waals surface area (Å²) in [4.78, 5) is 25.9. The number of piperidine rings is 1. The second-order valence-corrected chi connectivity index (χ2v) is 11.5. The fourth-order valence-corrected chi connectivity index (χ4v) is 6.12. The summed E-state index contributed by atoms with van der Waals surface area (Å²) in [5, 5.41) is 13.9. The van der Waals surface area contributed by atoms with Crippen LogP contribution in [0.15, 0.2) is 18.2 Å². The quantitative estimate of drug-likeness (QED) is 0.352. The van der Waals surface area contributed by atoms with Crippen molar-refractivity contribution in [3.8, 4) is 0 Å². The number of sulfonamides is 1. The van der Waals surface area contributed by atoms with Crippen LogP contribution in [0, 0.1) is 10.1 Å². The topological polar surface area (TPSA) is 116 Å². The molecule has 1 aromatic rings. The van der Waals surface area contributed by atoms with Crippen molar-refractivity contribution in [3.05, 3.63) is 33.9 Å². The number of alkyl halides is 3. The lowest BCUT2D eigenvalue weighted by Crippen LogP contribution is -2.50. The van der Waals surface area contributed by atoms with Crippen LogP contribution in [0.2, 0.25) is 0 Å². The first-order chi connectivity index (χ1) is 17.4. The summed E-state index contributed by atoms with van der Waals surface area (Å²) < 4.78 is 66.8. The normalized spacial score (nSPS) is 18.6. The molecule has 0 radical (unpaired) electrons. The largest absolute Gasteiger partial charge is 0.423 e. The number of hydrogen-bond donors (Lipinski definition) is 1. The molecule has 1 N–H and O–H groups in total. The Balaban J connectivity index is 1.46. The van der Waals surface area contributed by atoms with Crippen LogP contribution < -0.4 is 5.32 Å². The summed E-state index contributed by atoms with van der Waals surface area (Å²) in [5.41, 5.74) is -2.23. The Bertz CT molecular complexity index is 1050. The van der Waals surface area contributed by atoms with Crippen molar-refractivity contribution >= 4 is 27.3 Å². The molecule has 0 aliphatic carbocycles. The molecule has 0 saturated carbocycles. The number of unbranched alkanes of at least 4 members (excludes halogenated alkanes) is 1. The van der Waals surface area contributed by atoms with Crippen LogP contribution in [-0.4, -0.2) is 91.0 Å². The van der Waals surface area contributed by atoms with Gasteiger partial charge < -0.3 is 10.2 Å². The van der Waals surface area contributed by atoms with E-state index in [1.54, 1.807) is 0 Å². The predicted octanol–water partition coefficient (Wildman–Crippen LogP) is 3.15. The molecule has 2 aliphatic rings. The zero-order valence-electron chi connectivity index (χ0n) is 20.9. The van der Waals surface area contributed by atoms with Crippen LogP contribution in [0.5, 0.6) is 0 Å². The Hall–Kier alpha value is -2.45. The number of halogens is 3. The van der Waals surface area contributed by atoms with Gasteiger partial charge in [-0.25, -0.2) is 12.7 Å². The summed E-state index contributed by atoms with van der Waals surface area (Å²) in [6.45, 7) is 5.34. The molecule has 1 amide bonds. The number of rotatable bonds is 10. The Morgan fingerprint density at radius 1 is 1.14 bits per heavy atom. The predicted molar refractivity (Wildman–Crippen MR) is 133 cm³/mol. The fourth-order valence-electron chi connectivity index (χ4n) is 4.61. The van der Waals surface area contributed by atoms with Crippen LogP contribution in [0.3, 0.4) is 0 Å². The van der Waals surface area contributed by atoms with Gasteiger partial charge in [-0.05, 0) is 31.4 Å². The van der Waals surface area contributed by atoms with Gasteiger partial charge in [0.05, 0.1) is 10.7 Å². The van der Waals surface area contributed by atoms with E-state index in [4.69, 9.17) is 0 Å². The molecule has 14 heteroatoms. The minimum atomic E-state index is -4.87. The van der Waals surface area contributed by atoms with E-state index in [9.17, 15) is 36.5 Å². The molecule has 0 unspecified atom stereocenters. The number of nitro groups is 1. The molecular weight excluding hydrogens is 515 g/mol. The van der Waals surface area contributed by atoms with Crippen molar-refractivity contribution in [2.75, 3.05) is 56.9 Å². The average molecular weight is 550 g/mol. The van der Waals surface area contributed by atoms with Gasteiger partial charge in [0.15, 0.2) is 0 Å². The highest BCUT2D eigenvalue weighted by Gasteiger charge is 2.38. The summed E-state index contributed by atoms with van der Waals surface area (Å²) in [7, 11) is -3.50. The number of nitro benzene ring substituents is 1. The van der Waals surface area contributed by atoms with E-state index in [1.165, 1.54) is 10.4 Å². The van der Waals surface area contributed by atoms with Gasteiger partial charge in [-0.1, -0.05) is 13.3 Å². The molecule has 2 saturated heterocycles. The number of nitrogens with one attached hydrogen (secondary N) is 1. The van der Waals surface area contributed by atoms with E-state index in [0.29, 0.717) is 52.0 Å². The highest BCUT2D eigenvalue weighted by Crippen LogP contribution is 2.38. The number of benzene rings is 1. The van der Waals surface area contributed by atoms with Gasteiger partial charge in [0.2, 0.25) is 15.9 Å². The molecule has 0 atom stereocenters. The number of anilines is 1. The molecule has 1 aromatic carbocycles. The maximum atomic E-state index is 13.2. The SMILES string of the molecule is CCCCC(=O)N1CCN(CCS(=O)(=O)N2CCC(Nc3ccc([N+](=O)[O-])c(C(F)(F)F)c3)CC2)CC1. The third-order valence-electron chi connectivity index (χ3n) is 6.85. The Morgan fingerprint density at radius 3 is 2.35 bits per heavy atom. The van der Waals surface area contributed by atoms with Crippen molar-refractivity contribution in [1.82, 2.24) is 14.1 Å². The van der Waals surface area contributed by atoms with Crippen LogP contribution >= 0.6 is 0 Å². The Morgan fingerprint density at radius 2 is 1.78 bits per heavy atom. The second-order valence-electron chi connectivity index (χ2n) is 9.45. The van der Waals surface area contributed by atoms with Gasteiger partial charge in [-0.3, -0.25) is 19.8 Å². The Labute approximate surface area is 215 Å². The summed E-state index contributed by atoms with van der Waals surface area (Å²) >= 11 is 0. The number of hydrogen-bond acceptors (Lipinski definition) is 7. The fraction of sp³-hybridized carbons (Fsp3) is 0.696. The van der Waals surface area contributed by atoms with Gasteiger partial charge in [-0.2, -0.15) is 13.2 Å². The van der Waals surface area contributed by atoms with Gasteiger partial charge in [0, 0.05) is 70.0 Å². The van der Waals surface area contributed by atoms with Gasteiger partial charge in [0.25, 0.3) is 5.69 Å². The van der Waals surface area contributed by atoms with Crippen molar-refractivity contribution in [3.63, 3.8) is 0 Å². The summed E-state index contributed by atoms with van der Waals surface area (Å²) in [6.07, 6.45) is -1.69. The van der Waals surface area contributed by atoms with Gasteiger partial charge in [0.1, 0.15) is 5.56 Å². The lowest BCUT2D eigenvalue weighted by molar-refractivity contribution is -0.388. The van der Waals surface area contributed by atoms with Crippen LogP contribution in [0.25, 0.3) is 0 Å². The number of amides is 1. The maximum absolute atomic E-state index is 13.2. The first-order valence-electron chi connectivity index (χ1n) is 12.5. The zero-order chi connectivity index (χ0) is 27.2. The van der Waals surface area contributed by atoms with E-state index in [2.05, 4.69) is 5.32 Å². The molecule has 0 bridgehead atoms. The van der Waals surface area contributed by atoms with Crippen LogP contribution in [0.1, 0.15) is 44.6 Å². The van der Waals surface area contributed by atoms with Gasteiger partial charge in [-0.15, -0.1) is 0 Å². The van der Waals surface area contributed by atoms with Crippen molar-refractivity contribution < 1.29 is 31.3 Å². The monoisotopic (exact) mass is 549 g/mol. The number of carbonyl (C=O) groups is 1. The molecule has 37 heavy (non-hydrogen) atoms. The van der Waals surface area contributed by atoms with E-state index in [1.807, 2.05) is 16.7 Å². The molecule has 208 valence electrons. The second kappa shape index (κ2) is 12.4. The third-order valence-corrected chi connectivity index (χ3v) is 8.70. The van der Waals surface area contributed by atoms with Crippen LogP contribution in [-0.2, 0) is 21.0 Å². The van der Waals surface area contributed by atoms with Crippen molar-refractivity contribution in [1.29, 1.82) is 0 Å². The highest BCUT2D eigenvalue weighted by molar-refractivity contribution is 7.89. The molecule has 0 aromatic heterocycles. The van der Waals surface area contributed by atoms with E-state index >= 15 is 0 Å². The number of nitrogens with zero attached hydrogens (tertiary/aromatic N) is 4. The van der Waals surface area contributed by atoms with E-state index in [-0.39, 0.29) is 36.5 Å². The van der Waals surface area contributed by atoms with E-state index < -0.39 is 32.4 Å². The summed E-state index contributed by atoms with van der Waals surface area (Å²) in [5.74, 6) is 0.112. The zero-order valence-corrected chi connectivity index (χ0v) is 21.7. The first-order valence-corrected chi connectivity index (χ1v) is 14.1.